The lowest BCUT2D eigenvalue weighted by Crippen LogP contribution is -2.43. The van der Waals surface area contributed by atoms with Crippen molar-refractivity contribution in [3.05, 3.63) is 0 Å². The maximum Gasteiger partial charge on any atom is 0.132 e. The van der Waals surface area contributed by atoms with Crippen molar-refractivity contribution in [1.82, 2.24) is 5.32 Å². The largest absolute Gasteiger partial charge is 0.319 e. The summed E-state index contributed by atoms with van der Waals surface area (Å²) in [5, 5.41) is 3.38. The lowest BCUT2D eigenvalue weighted by atomic mass is 9.61. The van der Waals surface area contributed by atoms with Gasteiger partial charge in [-0.25, -0.2) is 0 Å². The molecule has 2 aliphatic rings. The molecule has 0 aromatic carbocycles. The first kappa shape index (κ1) is 12.1. The lowest BCUT2D eigenvalue weighted by molar-refractivity contribution is -0.123. The van der Waals surface area contributed by atoms with Gasteiger partial charge in [-0.1, -0.05) is 19.3 Å². The molecule has 0 amide bonds. The van der Waals surface area contributed by atoms with Crippen molar-refractivity contribution in [1.29, 1.82) is 0 Å². The predicted octanol–water partition coefficient (Wildman–Crippen LogP) is 2.92. The van der Waals surface area contributed by atoms with Gasteiger partial charge in [-0.05, 0) is 44.1 Å². The van der Waals surface area contributed by atoms with Crippen molar-refractivity contribution >= 4 is 5.78 Å². The SMILES string of the molecule is CNCC1(C2CCCCC2)CCC(=O)CC1. The first-order valence-electron chi connectivity index (χ1n) is 6.93. The van der Waals surface area contributed by atoms with Gasteiger partial charge in [-0.2, -0.15) is 0 Å². The van der Waals surface area contributed by atoms with E-state index < -0.39 is 0 Å². The quantitative estimate of drug-likeness (QED) is 0.797. The van der Waals surface area contributed by atoms with Crippen LogP contribution in [-0.4, -0.2) is 19.4 Å². The molecule has 92 valence electrons. The number of nitrogens with one attached hydrogen (secondary N) is 1. The third-order valence-electron chi connectivity index (χ3n) is 4.80. The summed E-state index contributed by atoms with van der Waals surface area (Å²) in [4.78, 5) is 11.4. The molecule has 0 heterocycles. The lowest BCUT2D eigenvalue weighted by Gasteiger charge is -2.45. The van der Waals surface area contributed by atoms with Crippen LogP contribution < -0.4 is 5.32 Å². The van der Waals surface area contributed by atoms with Crippen LogP contribution in [0.2, 0.25) is 0 Å². The highest BCUT2D eigenvalue weighted by Gasteiger charge is 2.40. The second-order valence-corrected chi connectivity index (χ2v) is 5.77. The predicted molar refractivity (Wildman–Crippen MR) is 66.4 cm³/mol. The molecular weight excluding hydrogens is 198 g/mol. The van der Waals surface area contributed by atoms with E-state index in [2.05, 4.69) is 12.4 Å². The summed E-state index contributed by atoms with van der Waals surface area (Å²) in [6.45, 7) is 1.12. The van der Waals surface area contributed by atoms with Crippen molar-refractivity contribution < 1.29 is 4.79 Å². The Morgan fingerprint density at radius 1 is 1.19 bits per heavy atom. The summed E-state index contributed by atoms with van der Waals surface area (Å²) in [5.74, 6) is 1.37. The van der Waals surface area contributed by atoms with Crippen LogP contribution in [0.1, 0.15) is 57.8 Å². The molecule has 0 unspecified atom stereocenters. The molecule has 2 heteroatoms. The van der Waals surface area contributed by atoms with E-state index in [9.17, 15) is 4.79 Å². The smallest absolute Gasteiger partial charge is 0.132 e. The normalized spacial score (nSPS) is 26.9. The fourth-order valence-electron chi connectivity index (χ4n) is 3.82. The molecule has 2 saturated carbocycles. The minimum absolute atomic E-state index is 0.447. The van der Waals surface area contributed by atoms with Crippen LogP contribution in [0, 0.1) is 11.3 Å². The van der Waals surface area contributed by atoms with Gasteiger partial charge in [0.25, 0.3) is 0 Å². The molecule has 1 N–H and O–H groups in total. The topological polar surface area (TPSA) is 29.1 Å². The van der Waals surface area contributed by atoms with Gasteiger partial charge in [0.2, 0.25) is 0 Å². The Morgan fingerprint density at radius 3 is 2.38 bits per heavy atom. The maximum atomic E-state index is 11.4. The zero-order chi connectivity index (χ0) is 11.4. The van der Waals surface area contributed by atoms with E-state index in [1.54, 1.807) is 0 Å². The molecule has 0 spiro atoms. The van der Waals surface area contributed by atoms with E-state index in [0.29, 0.717) is 11.2 Å². The van der Waals surface area contributed by atoms with Gasteiger partial charge < -0.3 is 5.32 Å². The minimum atomic E-state index is 0.447. The fraction of sp³-hybridized carbons (Fsp3) is 0.929. The summed E-state index contributed by atoms with van der Waals surface area (Å²) in [6.07, 6.45) is 11.0. The van der Waals surface area contributed by atoms with E-state index in [-0.39, 0.29) is 0 Å². The molecule has 0 radical (unpaired) electrons. The summed E-state index contributed by atoms with van der Waals surface area (Å²) in [5.41, 5.74) is 0.447. The average Bonchev–Trinajstić information content (AvgIpc) is 2.34. The summed E-state index contributed by atoms with van der Waals surface area (Å²) < 4.78 is 0. The van der Waals surface area contributed by atoms with E-state index in [1.807, 2.05) is 0 Å². The van der Waals surface area contributed by atoms with E-state index >= 15 is 0 Å². The second-order valence-electron chi connectivity index (χ2n) is 5.77. The number of hydrogen-bond acceptors (Lipinski definition) is 2. The van der Waals surface area contributed by atoms with Gasteiger partial charge in [-0.3, -0.25) is 4.79 Å². The van der Waals surface area contributed by atoms with Crippen molar-refractivity contribution in [3.63, 3.8) is 0 Å². The molecule has 2 fully saturated rings. The third-order valence-corrected chi connectivity index (χ3v) is 4.80. The zero-order valence-corrected chi connectivity index (χ0v) is 10.6. The van der Waals surface area contributed by atoms with Crippen LogP contribution in [0.4, 0.5) is 0 Å². The molecule has 2 rings (SSSR count). The van der Waals surface area contributed by atoms with Crippen LogP contribution in [0.3, 0.4) is 0 Å². The Bertz CT molecular complexity index is 233. The van der Waals surface area contributed by atoms with E-state index in [1.165, 1.54) is 32.1 Å². The number of rotatable bonds is 3. The maximum absolute atomic E-state index is 11.4. The van der Waals surface area contributed by atoms with Crippen LogP contribution >= 0.6 is 0 Å². The molecule has 16 heavy (non-hydrogen) atoms. The summed E-state index contributed by atoms with van der Waals surface area (Å²) in [6, 6.07) is 0. The van der Waals surface area contributed by atoms with Gasteiger partial charge in [0.15, 0.2) is 0 Å². The van der Waals surface area contributed by atoms with Gasteiger partial charge in [0, 0.05) is 19.4 Å². The Hall–Kier alpha value is -0.370. The van der Waals surface area contributed by atoms with Crippen LogP contribution in [0.25, 0.3) is 0 Å². The van der Waals surface area contributed by atoms with Crippen molar-refractivity contribution in [2.75, 3.05) is 13.6 Å². The standard InChI is InChI=1S/C14H25NO/c1-15-11-14(9-7-13(16)8-10-14)12-5-3-2-4-6-12/h12,15H,2-11H2,1H3. The fourth-order valence-corrected chi connectivity index (χ4v) is 3.82. The van der Waals surface area contributed by atoms with Crippen LogP contribution in [-0.2, 0) is 4.79 Å². The van der Waals surface area contributed by atoms with Gasteiger partial charge >= 0.3 is 0 Å². The minimum Gasteiger partial charge on any atom is -0.319 e. The van der Waals surface area contributed by atoms with Crippen molar-refractivity contribution in [3.8, 4) is 0 Å². The Labute approximate surface area is 99.2 Å². The number of ketones is 1. The Morgan fingerprint density at radius 2 is 1.81 bits per heavy atom. The highest BCUT2D eigenvalue weighted by Crippen LogP contribution is 2.47. The molecule has 0 aromatic heterocycles. The first-order chi connectivity index (χ1) is 7.77. The molecule has 0 aromatic rings. The monoisotopic (exact) mass is 223 g/mol. The van der Waals surface area contributed by atoms with Gasteiger partial charge in [0.05, 0.1) is 0 Å². The highest BCUT2D eigenvalue weighted by atomic mass is 16.1. The second kappa shape index (κ2) is 5.31. The summed E-state index contributed by atoms with van der Waals surface area (Å²) >= 11 is 0. The Balaban J connectivity index is 2.04. The highest BCUT2D eigenvalue weighted by molar-refractivity contribution is 5.79. The van der Waals surface area contributed by atoms with Crippen LogP contribution in [0.15, 0.2) is 0 Å². The van der Waals surface area contributed by atoms with Gasteiger partial charge in [0.1, 0.15) is 5.78 Å². The molecule has 0 aliphatic heterocycles. The average molecular weight is 223 g/mol. The number of Topliss-reactive ketones (excluding diaryl/α,β-unsaturated/α-hetero) is 1. The molecule has 2 nitrogen and oxygen atoms in total. The van der Waals surface area contributed by atoms with E-state index in [4.69, 9.17) is 0 Å². The van der Waals surface area contributed by atoms with Crippen molar-refractivity contribution in [2.24, 2.45) is 11.3 Å². The molecular formula is C14H25NO. The zero-order valence-electron chi connectivity index (χ0n) is 10.6. The van der Waals surface area contributed by atoms with E-state index in [0.717, 1.165) is 38.1 Å². The molecule has 0 bridgehead atoms. The van der Waals surface area contributed by atoms with Crippen molar-refractivity contribution in [2.45, 2.75) is 57.8 Å². The number of carbonyl (C=O) groups excluding carboxylic acids is 1. The molecule has 0 saturated heterocycles. The van der Waals surface area contributed by atoms with Gasteiger partial charge in [-0.15, -0.1) is 0 Å². The first-order valence-corrected chi connectivity index (χ1v) is 6.93. The molecule has 0 atom stereocenters. The van der Waals surface area contributed by atoms with Crippen LogP contribution in [0.5, 0.6) is 0 Å². The number of hydrogen-bond donors (Lipinski definition) is 1. The molecule has 2 aliphatic carbocycles. The Kier molecular flexibility index (Phi) is 4.01. The number of carbonyl (C=O) groups is 1. The summed E-state index contributed by atoms with van der Waals surface area (Å²) in [7, 11) is 2.06. The third kappa shape index (κ3) is 2.48.